The highest BCUT2D eigenvalue weighted by molar-refractivity contribution is 5.90. The molecule has 1 aromatic rings. The van der Waals surface area contributed by atoms with Gasteiger partial charge < -0.3 is 15.7 Å². The van der Waals surface area contributed by atoms with Crippen LogP contribution in [-0.4, -0.2) is 23.8 Å². The van der Waals surface area contributed by atoms with Crippen LogP contribution in [0.5, 0.6) is 0 Å². The van der Waals surface area contributed by atoms with Crippen molar-refractivity contribution in [3.63, 3.8) is 0 Å². The monoisotopic (exact) mass is 287 g/mol. The zero-order valence-electron chi connectivity index (χ0n) is 12.2. The number of amides is 2. The number of carbonyl (C=O) groups is 1. The minimum Gasteiger partial charge on any atom is -0.396 e. The van der Waals surface area contributed by atoms with E-state index in [1.54, 1.807) is 12.1 Å². The predicted octanol–water partition coefficient (Wildman–Crippen LogP) is 2.54. The summed E-state index contributed by atoms with van der Waals surface area (Å²) < 4.78 is 0. The number of nitriles is 1. The van der Waals surface area contributed by atoms with Gasteiger partial charge in [-0.1, -0.05) is 18.9 Å². The van der Waals surface area contributed by atoms with E-state index in [1.165, 1.54) is 0 Å². The Labute approximate surface area is 125 Å². The van der Waals surface area contributed by atoms with E-state index in [1.807, 2.05) is 13.0 Å². The van der Waals surface area contributed by atoms with Gasteiger partial charge in [-0.25, -0.2) is 4.79 Å². The molecule has 1 aliphatic rings. The number of urea groups is 1. The summed E-state index contributed by atoms with van der Waals surface area (Å²) in [4.78, 5) is 12.1. The molecule has 0 spiro atoms. The first kappa shape index (κ1) is 15.3. The second-order valence-electron chi connectivity index (χ2n) is 5.57. The van der Waals surface area contributed by atoms with Crippen LogP contribution >= 0.6 is 0 Å². The van der Waals surface area contributed by atoms with Crippen LogP contribution in [0.15, 0.2) is 18.2 Å². The standard InChI is InChI=1S/C16H21N3O2/c1-11-6-7-12(9-17)8-15(11)19-16(21)18-14-5-3-2-4-13(14)10-20/h6-8,13-14,20H,2-5,10H2,1H3,(H2,18,19,21). The summed E-state index contributed by atoms with van der Waals surface area (Å²) in [5.41, 5.74) is 2.07. The van der Waals surface area contributed by atoms with Gasteiger partial charge in [-0.15, -0.1) is 0 Å². The molecule has 112 valence electrons. The molecule has 5 nitrogen and oxygen atoms in total. The molecule has 2 atom stereocenters. The minimum absolute atomic E-state index is 0.0169. The van der Waals surface area contributed by atoms with Crippen LogP contribution in [0.3, 0.4) is 0 Å². The fourth-order valence-corrected chi connectivity index (χ4v) is 2.77. The minimum atomic E-state index is -0.279. The zero-order valence-corrected chi connectivity index (χ0v) is 12.2. The van der Waals surface area contributed by atoms with Gasteiger partial charge >= 0.3 is 6.03 Å². The Morgan fingerprint density at radius 1 is 1.43 bits per heavy atom. The third-order valence-electron chi connectivity index (χ3n) is 4.07. The summed E-state index contributed by atoms with van der Waals surface area (Å²) in [5, 5.41) is 24.0. The van der Waals surface area contributed by atoms with Gasteiger partial charge in [0.15, 0.2) is 0 Å². The highest BCUT2D eigenvalue weighted by atomic mass is 16.3. The molecule has 3 N–H and O–H groups in total. The van der Waals surface area contributed by atoms with Gasteiger partial charge in [0.25, 0.3) is 0 Å². The lowest BCUT2D eigenvalue weighted by atomic mass is 9.85. The third kappa shape index (κ3) is 3.96. The van der Waals surface area contributed by atoms with E-state index < -0.39 is 0 Å². The van der Waals surface area contributed by atoms with E-state index in [-0.39, 0.29) is 24.6 Å². The summed E-state index contributed by atoms with van der Waals surface area (Å²) in [6, 6.07) is 7.00. The smallest absolute Gasteiger partial charge is 0.319 e. The Bertz CT molecular complexity index is 551. The summed E-state index contributed by atoms with van der Waals surface area (Å²) in [7, 11) is 0. The number of aliphatic hydroxyl groups excluding tert-OH is 1. The Kier molecular flexibility index (Phi) is 5.18. The van der Waals surface area contributed by atoms with Crippen molar-refractivity contribution in [3.8, 4) is 6.07 Å². The summed E-state index contributed by atoms with van der Waals surface area (Å²) in [5.74, 6) is 0.135. The van der Waals surface area contributed by atoms with E-state index in [2.05, 4.69) is 16.7 Å². The number of nitrogens with one attached hydrogen (secondary N) is 2. The maximum absolute atomic E-state index is 12.1. The van der Waals surface area contributed by atoms with Crippen LogP contribution in [-0.2, 0) is 0 Å². The van der Waals surface area contributed by atoms with E-state index in [4.69, 9.17) is 5.26 Å². The lowest BCUT2D eigenvalue weighted by molar-refractivity contribution is 0.156. The lowest BCUT2D eigenvalue weighted by Gasteiger charge is -2.30. The summed E-state index contributed by atoms with van der Waals surface area (Å²) >= 11 is 0. The number of hydrogen-bond acceptors (Lipinski definition) is 3. The Morgan fingerprint density at radius 2 is 2.19 bits per heavy atom. The summed E-state index contributed by atoms with van der Waals surface area (Å²) in [6.07, 6.45) is 4.03. The van der Waals surface area contributed by atoms with E-state index in [0.717, 1.165) is 31.2 Å². The molecule has 1 fully saturated rings. The number of benzene rings is 1. The van der Waals surface area contributed by atoms with Crippen molar-refractivity contribution < 1.29 is 9.90 Å². The molecule has 0 bridgehead atoms. The topological polar surface area (TPSA) is 85.2 Å². The SMILES string of the molecule is Cc1ccc(C#N)cc1NC(=O)NC1CCCCC1CO. The maximum Gasteiger partial charge on any atom is 0.319 e. The van der Waals surface area contributed by atoms with Gasteiger partial charge in [0.2, 0.25) is 0 Å². The molecule has 5 heteroatoms. The van der Waals surface area contributed by atoms with E-state index in [9.17, 15) is 9.90 Å². The highest BCUT2D eigenvalue weighted by Crippen LogP contribution is 2.24. The number of carbonyl (C=O) groups excluding carboxylic acids is 1. The van der Waals surface area contributed by atoms with Crippen LogP contribution in [0.2, 0.25) is 0 Å². The Morgan fingerprint density at radius 3 is 2.90 bits per heavy atom. The molecule has 0 aliphatic heterocycles. The van der Waals surface area contributed by atoms with Gasteiger partial charge in [0.05, 0.1) is 11.6 Å². The van der Waals surface area contributed by atoms with Gasteiger partial charge in [0.1, 0.15) is 0 Å². The lowest BCUT2D eigenvalue weighted by Crippen LogP contribution is -2.45. The number of nitrogens with zero attached hydrogens (tertiary/aromatic N) is 1. The van der Waals surface area contributed by atoms with Crippen molar-refractivity contribution in [2.45, 2.75) is 38.6 Å². The summed E-state index contributed by atoms with van der Waals surface area (Å²) in [6.45, 7) is 1.99. The quantitative estimate of drug-likeness (QED) is 0.798. The van der Waals surface area contributed by atoms with Gasteiger partial charge in [-0.2, -0.15) is 5.26 Å². The molecule has 0 aromatic heterocycles. The molecule has 21 heavy (non-hydrogen) atoms. The average Bonchev–Trinajstić information content (AvgIpc) is 2.50. The van der Waals surface area contributed by atoms with Gasteiger partial charge in [-0.05, 0) is 37.5 Å². The molecule has 2 amide bonds. The van der Waals surface area contributed by atoms with Crippen LogP contribution in [0, 0.1) is 24.2 Å². The number of hydrogen-bond donors (Lipinski definition) is 3. The van der Waals surface area contributed by atoms with Gasteiger partial charge in [-0.3, -0.25) is 0 Å². The molecule has 1 aromatic carbocycles. The van der Waals surface area contributed by atoms with Crippen LogP contribution in [0.1, 0.15) is 36.8 Å². The zero-order chi connectivity index (χ0) is 15.2. The van der Waals surface area contributed by atoms with Crippen molar-refractivity contribution in [1.29, 1.82) is 5.26 Å². The first-order valence-electron chi connectivity index (χ1n) is 7.33. The molecule has 0 heterocycles. The maximum atomic E-state index is 12.1. The first-order valence-corrected chi connectivity index (χ1v) is 7.33. The molecule has 2 rings (SSSR count). The average molecular weight is 287 g/mol. The van der Waals surface area contributed by atoms with E-state index >= 15 is 0 Å². The second-order valence-corrected chi connectivity index (χ2v) is 5.57. The van der Waals surface area contributed by atoms with E-state index in [0.29, 0.717) is 11.3 Å². The van der Waals surface area contributed by atoms with Crippen LogP contribution in [0.4, 0.5) is 10.5 Å². The number of aliphatic hydroxyl groups is 1. The number of rotatable bonds is 3. The number of anilines is 1. The first-order chi connectivity index (χ1) is 10.1. The van der Waals surface area contributed by atoms with Crippen LogP contribution < -0.4 is 10.6 Å². The molecule has 0 radical (unpaired) electrons. The molecular weight excluding hydrogens is 266 g/mol. The van der Waals surface area contributed by atoms with Crippen molar-refractivity contribution in [3.05, 3.63) is 29.3 Å². The molecule has 1 saturated carbocycles. The van der Waals surface area contributed by atoms with Crippen molar-refractivity contribution in [1.82, 2.24) is 5.32 Å². The van der Waals surface area contributed by atoms with Crippen molar-refractivity contribution in [2.75, 3.05) is 11.9 Å². The molecular formula is C16H21N3O2. The second kappa shape index (κ2) is 7.09. The Hall–Kier alpha value is -2.06. The van der Waals surface area contributed by atoms with Gasteiger partial charge in [0, 0.05) is 24.3 Å². The predicted molar refractivity (Wildman–Crippen MR) is 80.9 cm³/mol. The third-order valence-corrected chi connectivity index (χ3v) is 4.07. The Balaban J connectivity index is 2.00. The largest absolute Gasteiger partial charge is 0.396 e. The fraction of sp³-hybridized carbons (Fsp3) is 0.500. The fourth-order valence-electron chi connectivity index (χ4n) is 2.77. The van der Waals surface area contributed by atoms with Crippen molar-refractivity contribution >= 4 is 11.7 Å². The van der Waals surface area contributed by atoms with Crippen molar-refractivity contribution in [2.24, 2.45) is 5.92 Å². The molecule has 0 saturated heterocycles. The highest BCUT2D eigenvalue weighted by Gasteiger charge is 2.25. The number of aryl methyl sites for hydroxylation is 1. The van der Waals surface area contributed by atoms with Crippen LogP contribution in [0.25, 0.3) is 0 Å². The molecule has 1 aliphatic carbocycles. The molecule has 2 unspecified atom stereocenters. The normalized spacial score (nSPS) is 21.4.